The molecule has 0 bridgehead atoms. The lowest BCUT2D eigenvalue weighted by Gasteiger charge is -2.19. The number of aryl methyl sites for hydroxylation is 1. The van der Waals surface area contributed by atoms with Gasteiger partial charge in [0, 0.05) is 30.0 Å². The van der Waals surface area contributed by atoms with E-state index in [1.807, 2.05) is 13.0 Å². The second kappa shape index (κ2) is 10.1. The van der Waals surface area contributed by atoms with E-state index in [2.05, 4.69) is 0 Å². The summed E-state index contributed by atoms with van der Waals surface area (Å²) in [6, 6.07) is 11.9. The largest absolute Gasteiger partial charge is 0.491 e. The number of aliphatic hydroxyl groups is 1. The van der Waals surface area contributed by atoms with Crippen LogP contribution in [0.25, 0.3) is 0 Å². The fourth-order valence-electron chi connectivity index (χ4n) is 3.42. The van der Waals surface area contributed by atoms with Gasteiger partial charge in [-0.15, -0.1) is 0 Å². The Morgan fingerprint density at radius 1 is 1.22 bits per heavy atom. The lowest BCUT2D eigenvalue weighted by Crippen LogP contribution is -2.32. The van der Waals surface area contributed by atoms with Crippen molar-refractivity contribution in [2.75, 3.05) is 29.6 Å². The van der Waals surface area contributed by atoms with Crippen molar-refractivity contribution in [1.29, 1.82) is 0 Å². The number of hydrogen-bond donors (Lipinski definition) is 1. The van der Waals surface area contributed by atoms with Gasteiger partial charge >= 0.3 is 0 Å². The second-order valence-corrected chi connectivity index (χ2v) is 10.1. The third kappa shape index (κ3) is 5.86. The first kappa shape index (κ1) is 23.7. The highest BCUT2D eigenvalue weighted by Gasteiger charge is 2.34. The number of aliphatic hydroxyl groups excluding tert-OH is 1. The van der Waals surface area contributed by atoms with Gasteiger partial charge in [0.2, 0.25) is 0 Å². The molecule has 0 aliphatic carbocycles. The summed E-state index contributed by atoms with van der Waals surface area (Å²) in [4.78, 5) is 25.2. The maximum Gasteiger partial charge on any atom is 0.268 e. The summed E-state index contributed by atoms with van der Waals surface area (Å²) in [7, 11) is -3.29. The predicted octanol–water partition coefficient (Wildman–Crippen LogP) is 2.17. The molecule has 1 amide bonds. The Morgan fingerprint density at radius 2 is 1.94 bits per heavy atom. The number of carbonyl (C=O) groups excluding carboxylic acids is 2. The molecule has 2 atom stereocenters. The van der Waals surface area contributed by atoms with Crippen LogP contribution in [0.1, 0.15) is 29.3 Å². The molecule has 1 saturated heterocycles. The van der Waals surface area contributed by atoms with E-state index in [0.717, 1.165) is 11.8 Å². The fraction of sp³-hybridized carbons (Fsp3) is 0.391. The van der Waals surface area contributed by atoms with Crippen molar-refractivity contribution in [1.82, 2.24) is 0 Å². The molecule has 32 heavy (non-hydrogen) atoms. The van der Waals surface area contributed by atoms with Gasteiger partial charge in [0.05, 0.1) is 5.75 Å². The Morgan fingerprint density at radius 3 is 2.56 bits per heavy atom. The summed E-state index contributed by atoms with van der Waals surface area (Å²) >= 11 is 0. The van der Waals surface area contributed by atoms with Crippen molar-refractivity contribution in [3.8, 4) is 11.5 Å². The van der Waals surface area contributed by atoms with E-state index >= 15 is 0 Å². The lowest BCUT2D eigenvalue weighted by atomic mass is 10.2. The molecule has 1 unspecified atom stereocenters. The zero-order chi connectivity index (χ0) is 23.3. The number of amides is 1. The summed E-state index contributed by atoms with van der Waals surface area (Å²) in [5.41, 5.74) is 2.00. The monoisotopic (exact) mass is 461 g/mol. The minimum absolute atomic E-state index is 0.0313. The van der Waals surface area contributed by atoms with E-state index < -0.39 is 22.0 Å². The molecule has 8 nitrogen and oxygen atoms in total. The molecule has 0 aromatic heterocycles. The first-order chi connectivity index (χ1) is 15.2. The van der Waals surface area contributed by atoms with E-state index in [4.69, 9.17) is 9.47 Å². The number of nitrogens with zero attached hydrogens (tertiary/aromatic N) is 1. The molecule has 0 spiro atoms. The zero-order valence-corrected chi connectivity index (χ0v) is 18.9. The molecule has 1 N–H and O–H groups in total. The Hall–Kier alpha value is -2.91. The van der Waals surface area contributed by atoms with Crippen LogP contribution in [0, 0.1) is 6.92 Å². The van der Waals surface area contributed by atoms with Crippen molar-refractivity contribution in [3.05, 3.63) is 53.6 Å². The molecular formula is C23H27NO7S. The summed E-state index contributed by atoms with van der Waals surface area (Å²) in [5, 5.41) is 9.92. The van der Waals surface area contributed by atoms with Gasteiger partial charge in [-0.3, -0.25) is 9.59 Å². The number of aldehydes is 1. The highest BCUT2D eigenvalue weighted by Crippen LogP contribution is 2.29. The highest BCUT2D eigenvalue weighted by atomic mass is 32.2. The molecule has 3 rings (SSSR count). The van der Waals surface area contributed by atoms with Crippen LogP contribution in [0.3, 0.4) is 0 Å². The summed E-state index contributed by atoms with van der Waals surface area (Å²) in [5.74, 6) is 0.506. The quantitative estimate of drug-likeness (QED) is 0.540. The highest BCUT2D eigenvalue weighted by molar-refractivity contribution is 7.91. The van der Waals surface area contributed by atoms with Crippen molar-refractivity contribution in [2.24, 2.45) is 0 Å². The number of anilines is 1. The number of ether oxygens (including phenoxy) is 2. The van der Waals surface area contributed by atoms with Crippen LogP contribution >= 0.6 is 0 Å². The molecule has 2 aromatic carbocycles. The standard InChI is InChI=1S/C23H27NO7S/c1-3-32(28,29)15-19(26)14-30-21-9-6-18(12-16(21)2)24-11-10-22(23(24)27)31-20-7-4-17(13-25)5-8-20/h4-9,12-13,19,22,26H,3,10-11,14-15H2,1-2H3/t19-,22?/m0/s1. The third-order valence-electron chi connectivity index (χ3n) is 5.24. The van der Waals surface area contributed by atoms with Gasteiger partial charge in [0.15, 0.2) is 15.9 Å². The third-order valence-corrected chi connectivity index (χ3v) is 7.01. The lowest BCUT2D eigenvalue weighted by molar-refractivity contribution is -0.122. The minimum atomic E-state index is -3.29. The zero-order valence-electron chi connectivity index (χ0n) is 18.1. The Balaban J connectivity index is 1.60. The van der Waals surface area contributed by atoms with E-state index in [1.165, 1.54) is 6.92 Å². The van der Waals surface area contributed by atoms with E-state index in [9.17, 15) is 23.1 Å². The fourth-order valence-corrected chi connectivity index (χ4v) is 4.34. The van der Waals surface area contributed by atoms with Crippen LogP contribution in [-0.4, -0.2) is 62.6 Å². The van der Waals surface area contributed by atoms with Crippen LogP contribution in [-0.2, 0) is 14.6 Å². The smallest absolute Gasteiger partial charge is 0.268 e. The molecular weight excluding hydrogens is 434 g/mol. The van der Waals surface area contributed by atoms with Gasteiger partial charge in [0.25, 0.3) is 5.91 Å². The first-order valence-corrected chi connectivity index (χ1v) is 12.2. The SMILES string of the molecule is CCS(=O)(=O)C[C@@H](O)COc1ccc(N2CCC(Oc3ccc(C=O)cc3)C2=O)cc1C. The molecule has 0 saturated carbocycles. The van der Waals surface area contributed by atoms with Crippen LogP contribution in [0.2, 0.25) is 0 Å². The number of benzene rings is 2. The molecule has 2 aromatic rings. The summed E-state index contributed by atoms with van der Waals surface area (Å²) < 4.78 is 34.6. The van der Waals surface area contributed by atoms with Crippen LogP contribution in [0.15, 0.2) is 42.5 Å². The Kier molecular flexibility index (Phi) is 7.52. The number of rotatable bonds is 10. The summed E-state index contributed by atoms with van der Waals surface area (Å²) in [6.07, 6.45) is -0.443. The maximum atomic E-state index is 12.8. The average molecular weight is 462 g/mol. The number of sulfone groups is 1. The molecule has 172 valence electrons. The van der Waals surface area contributed by atoms with Gasteiger partial charge < -0.3 is 19.5 Å². The van der Waals surface area contributed by atoms with Crippen LogP contribution < -0.4 is 14.4 Å². The molecule has 9 heteroatoms. The van der Waals surface area contributed by atoms with Gasteiger partial charge in [-0.05, 0) is 55.0 Å². The van der Waals surface area contributed by atoms with E-state index in [-0.39, 0.29) is 24.0 Å². The van der Waals surface area contributed by atoms with Gasteiger partial charge in [-0.25, -0.2) is 8.42 Å². The van der Waals surface area contributed by atoms with E-state index in [1.54, 1.807) is 41.3 Å². The van der Waals surface area contributed by atoms with Gasteiger partial charge in [-0.2, -0.15) is 0 Å². The predicted molar refractivity (Wildman–Crippen MR) is 120 cm³/mol. The summed E-state index contributed by atoms with van der Waals surface area (Å²) in [6.45, 7) is 3.71. The average Bonchev–Trinajstić information content (AvgIpc) is 3.13. The normalized spacial score (nSPS) is 17.3. The molecule has 1 fully saturated rings. The minimum Gasteiger partial charge on any atom is -0.491 e. The van der Waals surface area contributed by atoms with Crippen LogP contribution in [0.4, 0.5) is 5.69 Å². The number of hydrogen-bond acceptors (Lipinski definition) is 7. The maximum absolute atomic E-state index is 12.8. The van der Waals surface area contributed by atoms with Gasteiger partial charge in [0.1, 0.15) is 30.5 Å². The molecule has 1 aliphatic rings. The molecule has 1 heterocycles. The second-order valence-electron chi connectivity index (χ2n) is 7.69. The van der Waals surface area contributed by atoms with Crippen LogP contribution in [0.5, 0.6) is 11.5 Å². The Bertz CT molecular complexity index is 1070. The van der Waals surface area contributed by atoms with Crippen molar-refractivity contribution < 1.29 is 32.6 Å². The number of carbonyl (C=O) groups is 2. The molecule has 1 aliphatic heterocycles. The van der Waals surface area contributed by atoms with E-state index in [0.29, 0.717) is 35.7 Å². The van der Waals surface area contributed by atoms with Gasteiger partial charge in [-0.1, -0.05) is 6.92 Å². The van der Waals surface area contributed by atoms with Crippen molar-refractivity contribution >= 4 is 27.7 Å². The van der Waals surface area contributed by atoms with Crippen molar-refractivity contribution in [3.63, 3.8) is 0 Å². The first-order valence-electron chi connectivity index (χ1n) is 10.4. The topological polar surface area (TPSA) is 110 Å². The Labute approximate surface area is 187 Å². The van der Waals surface area contributed by atoms with Crippen molar-refractivity contribution in [2.45, 2.75) is 32.5 Å². The molecule has 0 radical (unpaired) electrons.